The zero-order valence-corrected chi connectivity index (χ0v) is 14.3. The van der Waals surface area contributed by atoms with E-state index in [9.17, 15) is 0 Å². The first-order valence-corrected chi connectivity index (χ1v) is 8.27. The van der Waals surface area contributed by atoms with Gasteiger partial charge in [-0.2, -0.15) is 4.98 Å². The van der Waals surface area contributed by atoms with Crippen LogP contribution in [0.2, 0.25) is 5.02 Å². The van der Waals surface area contributed by atoms with Gasteiger partial charge in [0.2, 0.25) is 5.95 Å². The van der Waals surface area contributed by atoms with Crippen molar-refractivity contribution in [1.82, 2.24) is 9.97 Å². The smallest absolute Gasteiger partial charge is 0.227 e. The number of nitrogens with zero attached hydrogens (tertiary/aromatic N) is 4. The molecule has 6 heteroatoms. The van der Waals surface area contributed by atoms with Crippen LogP contribution in [0.5, 0.6) is 0 Å². The van der Waals surface area contributed by atoms with Crippen molar-refractivity contribution < 1.29 is 0 Å². The van der Waals surface area contributed by atoms with E-state index in [1.165, 1.54) is 0 Å². The highest BCUT2D eigenvalue weighted by molar-refractivity contribution is 6.30. The van der Waals surface area contributed by atoms with Gasteiger partial charge >= 0.3 is 0 Å². The molecule has 0 spiro atoms. The average Bonchev–Trinajstić information content (AvgIpc) is 2.58. The van der Waals surface area contributed by atoms with Gasteiger partial charge < -0.3 is 15.1 Å². The van der Waals surface area contributed by atoms with Crippen LogP contribution in [0.15, 0.2) is 36.5 Å². The van der Waals surface area contributed by atoms with Crippen LogP contribution in [0.3, 0.4) is 0 Å². The first-order chi connectivity index (χ1) is 11.1. The molecular formula is C17H22ClN5. The number of hydrogen-bond donors (Lipinski definition) is 1. The summed E-state index contributed by atoms with van der Waals surface area (Å²) in [5.41, 5.74) is 1.12. The molecule has 1 aromatic carbocycles. The fraction of sp³-hybridized carbons (Fsp3) is 0.412. The van der Waals surface area contributed by atoms with Crippen LogP contribution in [-0.4, -0.2) is 43.2 Å². The summed E-state index contributed by atoms with van der Waals surface area (Å²) in [6.07, 6.45) is 3.96. The molecule has 0 unspecified atom stereocenters. The highest BCUT2D eigenvalue weighted by atomic mass is 35.5. The quantitative estimate of drug-likeness (QED) is 0.931. The largest absolute Gasteiger partial charge is 0.382 e. The number of piperidine rings is 1. The lowest BCUT2D eigenvalue weighted by molar-refractivity contribution is 0.520. The summed E-state index contributed by atoms with van der Waals surface area (Å²) >= 11 is 5.92. The predicted octanol–water partition coefficient (Wildman–Crippen LogP) is 3.28. The van der Waals surface area contributed by atoms with Crippen molar-refractivity contribution in [2.75, 3.05) is 42.3 Å². The standard InChI is InChI=1S/C17H22ClN5/c1-22(2)16-7-10-19-17(21-16)23-11-8-15(9-12-23)20-14-5-3-13(18)4-6-14/h3-7,10,15,20H,8-9,11-12H2,1-2H3. The normalized spacial score (nSPS) is 15.5. The molecule has 1 saturated heterocycles. The molecule has 0 saturated carbocycles. The fourth-order valence-electron chi connectivity index (χ4n) is 2.75. The molecule has 0 amide bonds. The molecule has 1 aliphatic rings. The summed E-state index contributed by atoms with van der Waals surface area (Å²) in [5, 5.41) is 4.34. The maximum atomic E-state index is 5.92. The Bertz CT molecular complexity index is 636. The lowest BCUT2D eigenvalue weighted by Gasteiger charge is -2.33. The van der Waals surface area contributed by atoms with Crippen molar-refractivity contribution in [3.05, 3.63) is 41.6 Å². The van der Waals surface area contributed by atoms with Crippen molar-refractivity contribution in [2.45, 2.75) is 18.9 Å². The van der Waals surface area contributed by atoms with Gasteiger partial charge in [-0.25, -0.2) is 4.98 Å². The number of aromatic nitrogens is 2. The van der Waals surface area contributed by atoms with Crippen LogP contribution in [-0.2, 0) is 0 Å². The Morgan fingerprint density at radius 3 is 2.48 bits per heavy atom. The average molecular weight is 332 g/mol. The lowest BCUT2D eigenvalue weighted by atomic mass is 10.0. The van der Waals surface area contributed by atoms with E-state index in [0.29, 0.717) is 6.04 Å². The van der Waals surface area contributed by atoms with Gasteiger partial charge in [0.15, 0.2) is 0 Å². The van der Waals surface area contributed by atoms with Gasteiger partial charge in [0.25, 0.3) is 0 Å². The Labute approximate surface area is 142 Å². The second-order valence-electron chi connectivity index (χ2n) is 6.02. The predicted molar refractivity (Wildman–Crippen MR) is 96.7 cm³/mol. The van der Waals surface area contributed by atoms with Gasteiger partial charge in [0.1, 0.15) is 5.82 Å². The van der Waals surface area contributed by atoms with Gasteiger partial charge in [-0.3, -0.25) is 0 Å². The van der Waals surface area contributed by atoms with E-state index in [-0.39, 0.29) is 0 Å². The van der Waals surface area contributed by atoms with E-state index < -0.39 is 0 Å². The van der Waals surface area contributed by atoms with Crippen LogP contribution in [0, 0.1) is 0 Å². The Balaban J connectivity index is 1.58. The van der Waals surface area contributed by atoms with Crippen molar-refractivity contribution in [2.24, 2.45) is 0 Å². The van der Waals surface area contributed by atoms with Crippen LogP contribution in [0.1, 0.15) is 12.8 Å². The molecule has 1 fully saturated rings. The molecule has 3 rings (SSSR count). The van der Waals surface area contributed by atoms with Gasteiger partial charge in [-0.05, 0) is 43.2 Å². The summed E-state index contributed by atoms with van der Waals surface area (Å²) in [7, 11) is 3.99. The molecule has 2 heterocycles. The molecule has 122 valence electrons. The maximum absolute atomic E-state index is 5.92. The summed E-state index contributed by atoms with van der Waals surface area (Å²) < 4.78 is 0. The van der Waals surface area contributed by atoms with Crippen LogP contribution in [0.25, 0.3) is 0 Å². The minimum Gasteiger partial charge on any atom is -0.382 e. The van der Waals surface area contributed by atoms with E-state index in [0.717, 1.165) is 48.4 Å². The fourth-order valence-corrected chi connectivity index (χ4v) is 2.87. The zero-order chi connectivity index (χ0) is 16.2. The molecule has 0 atom stereocenters. The molecule has 2 aromatic rings. The van der Waals surface area contributed by atoms with Crippen molar-refractivity contribution in [1.29, 1.82) is 0 Å². The molecule has 1 N–H and O–H groups in total. The van der Waals surface area contributed by atoms with Gasteiger partial charge in [0.05, 0.1) is 0 Å². The zero-order valence-electron chi connectivity index (χ0n) is 13.5. The van der Waals surface area contributed by atoms with Gasteiger partial charge in [-0.1, -0.05) is 11.6 Å². The minimum absolute atomic E-state index is 0.476. The summed E-state index contributed by atoms with van der Waals surface area (Å²) in [4.78, 5) is 13.3. The topological polar surface area (TPSA) is 44.3 Å². The highest BCUT2D eigenvalue weighted by Gasteiger charge is 2.21. The Hall–Kier alpha value is -2.01. The van der Waals surface area contributed by atoms with Crippen molar-refractivity contribution >= 4 is 29.1 Å². The Kier molecular flexibility index (Phi) is 4.86. The summed E-state index contributed by atoms with van der Waals surface area (Å²) in [6, 6.07) is 10.3. The van der Waals surface area contributed by atoms with Crippen molar-refractivity contribution in [3.63, 3.8) is 0 Å². The van der Waals surface area contributed by atoms with E-state index in [1.54, 1.807) is 0 Å². The highest BCUT2D eigenvalue weighted by Crippen LogP contribution is 2.21. The number of nitrogens with one attached hydrogen (secondary N) is 1. The SMILES string of the molecule is CN(C)c1ccnc(N2CCC(Nc3ccc(Cl)cc3)CC2)n1. The van der Waals surface area contributed by atoms with Crippen LogP contribution in [0.4, 0.5) is 17.5 Å². The summed E-state index contributed by atoms with van der Waals surface area (Å²) in [6.45, 7) is 1.92. The second-order valence-corrected chi connectivity index (χ2v) is 6.46. The summed E-state index contributed by atoms with van der Waals surface area (Å²) in [5.74, 6) is 1.76. The molecule has 0 radical (unpaired) electrons. The number of anilines is 3. The lowest BCUT2D eigenvalue weighted by Crippen LogP contribution is -2.40. The monoisotopic (exact) mass is 331 g/mol. The Morgan fingerprint density at radius 2 is 1.83 bits per heavy atom. The number of hydrogen-bond acceptors (Lipinski definition) is 5. The van der Waals surface area contributed by atoms with Gasteiger partial charge in [-0.15, -0.1) is 0 Å². The van der Waals surface area contributed by atoms with E-state index in [2.05, 4.69) is 20.2 Å². The Morgan fingerprint density at radius 1 is 1.13 bits per heavy atom. The third kappa shape index (κ3) is 4.05. The third-order valence-corrected chi connectivity index (χ3v) is 4.33. The molecular weight excluding hydrogens is 310 g/mol. The third-order valence-electron chi connectivity index (χ3n) is 4.08. The first-order valence-electron chi connectivity index (χ1n) is 7.89. The van der Waals surface area contributed by atoms with E-state index >= 15 is 0 Å². The van der Waals surface area contributed by atoms with E-state index in [1.807, 2.05) is 55.5 Å². The number of rotatable bonds is 4. The molecule has 0 bridgehead atoms. The van der Waals surface area contributed by atoms with Crippen LogP contribution >= 0.6 is 11.6 Å². The maximum Gasteiger partial charge on any atom is 0.227 e. The number of halogens is 1. The molecule has 23 heavy (non-hydrogen) atoms. The van der Waals surface area contributed by atoms with Crippen molar-refractivity contribution in [3.8, 4) is 0 Å². The van der Waals surface area contributed by atoms with Crippen LogP contribution < -0.4 is 15.1 Å². The molecule has 0 aliphatic carbocycles. The minimum atomic E-state index is 0.476. The number of benzene rings is 1. The molecule has 1 aromatic heterocycles. The van der Waals surface area contributed by atoms with E-state index in [4.69, 9.17) is 11.6 Å². The van der Waals surface area contributed by atoms with Gasteiger partial charge in [0, 0.05) is 50.1 Å². The molecule has 1 aliphatic heterocycles. The second kappa shape index (κ2) is 7.04. The first kappa shape index (κ1) is 15.9. The molecule has 5 nitrogen and oxygen atoms in total.